The second kappa shape index (κ2) is 10.5. The lowest BCUT2D eigenvalue weighted by Gasteiger charge is -2.28. The van der Waals surface area contributed by atoms with Gasteiger partial charge in [0.1, 0.15) is 11.9 Å². The number of amides is 2. The average molecular weight is 462 g/mol. The third-order valence-electron chi connectivity index (χ3n) is 6.30. The summed E-state index contributed by atoms with van der Waals surface area (Å²) < 4.78 is 5.47. The summed E-state index contributed by atoms with van der Waals surface area (Å²) in [6.45, 7) is 3.83. The largest absolute Gasteiger partial charge is 0.446 e. The Balaban J connectivity index is 1.29. The van der Waals surface area contributed by atoms with Crippen LogP contribution in [-0.4, -0.2) is 65.1 Å². The molecule has 8 nitrogen and oxygen atoms in total. The third kappa shape index (κ3) is 5.82. The summed E-state index contributed by atoms with van der Waals surface area (Å²) in [5.41, 5.74) is 2.79. The smallest absolute Gasteiger partial charge is 0.413 e. The van der Waals surface area contributed by atoms with Gasteiger partial charge in [0.05, 0.1) is 6.04 Å². The number of pyridine rings is 1. The van der Waals surface area contributed by atoms with E-state index in [1.54, 1.807) is 36.4 Å². The van der Waals surface area contributed by atoms with Gasteiger partial charge in [0.25, 0.3) is 0 Å². The van der Waals surface area contributed by atoms with Gasteiger partial charge in [-0.1, -0.05) is 18.2 Å². The van der Waals surface area contributed by atoms with Gasteiger partial charge in [-0.05, 0) is 68.1 Å². The zero-order valence-corrected chi connectivity index (χ0v) is 19.8. The monoisotopic (exact) mass is 461 g/mol. The minimum absolute atomic E-state index is 0.0619. The lowest BCUT2D eigenvalue weighted by Crippen LogP contribution is -2.36. The van der Waals surface area contributed by atoms with Crippen LogP contribution < -0.4 is 5.32 Å². The molecule has 3 aromatic rings. The molecule has 34 heavy (non-hydrogen) atoms. The number of rotatable bonds is 6. The lowest BCUT2D eigenvalue weighted by molar-refractivity contribution is -0.126. The number of piperidine rings is 1. The Hall–Kier alpha value is -3.65. The van der Waals surface area contributed by atoms with E-state index in [-0.39, 0.29) is 18.1 Å². The number of hydrogen-bond donors (Lipinski definition) is 2. The van der Waals surface area contributed by atoms with Crippen LogP contribution in [0.25, 0.3) is 17.0 Å². The van der Waals surface area contributed by atoms with E-state index in [4.69, 9.17) is 4.74 Å². The molecule has 0 radical (unpaired) electrons. The highest BCUT2D eigenvalue weighted by molar-refractivity contribution is 5.92. The van der Waals surface area contributed by atoms with Gasteiger partial charge in [0.2, 0.25) is 5.91 Å². The van der Waals surface area contributed by atoms with E-state index >= 15 is 0 Å². The van der Waals surface area contributed by atoms with Gasteiger partial charge in [-0.15, -0.1) is 0 Å². The van der Waals surface area contributed by atoms with E-state index in [9.17, 15) is 9.59 Å². The van der Waals surface area contributed by atoms with E-state index in [1.807, 2.05) is 31.2 Å². The maximum absolute atomic E-state index is 12.7. The number of H-pyrrole nitrogens is 1. The number of ether oxygens (including phenoxy) is 1. The molecule has 1 aromatic carbocycles. The average Bonchev–Trinajstić information content (AvgIpc) is 3.28. The molecule has 4 rings (SSSR count). The van der Waals surface area contributed by atoms with Crippen LogP contribution in [0.3, 0.4) is 0 Å². The van der Waals surface area contributed by atoms with Crippen molar-refractivity contribution in [2.24, 2.45) is 0 Å². The molecule has 0 aliphatic carbocycles. The SMILES string of the molecule is CC(c1cc2ccccc2[nH]1)N(C)C(=O)/C=C/c1ccc(NC(=O)OC2CCN(C)CC2)nc1. The van der Waals surface area contributed by atoms with E-state index in [2.05, 4.69) is 33.3 Å². The fourth-order valence-corrected chi connectivity index (χ4v) is 3.97. The summed E-state index contributed by atoms with van der Waals surface area (Å²) in [5, 5.41) is 3.79. The number of hydrogen-bond acceptors (Lipinski definition) is 5. The number of anilines is 1. The number of carbonyl (C=O) groups excluding carboxylic acids is 2. The van der Waals surface area contributed by atoms with Crippen LogP contribution in [-0.2, 0) is 9.53 Å². The fourth-order valence-electron chi connectivity index (χ4n) is 3.97. The fraction of sp³-hybridized carbons (Fsp3) is 0.346. The first-order valence-corrected chi connectivity index (χ1v) is 11.5. The van der Waals surface area contributed by atoms with E-state index in [1.165, 1.54) is 6.08 Å². The van der Waals surface area contributed by atoms with Crippen LogP contribution in [0, 0.1) is 0 Å². The molecule has 178 valence electrons. The summed E-state index contributed by atoms with van der Waals surface area (Å²) in [7, 11) is 3.84. The van der Waals surface area contributed by atoms with Crippen LogP contribution in [0.1, 0.15) is 37.1 Å². The van der Waals surface area contributed by atoms with E-state index in [0.717, 1.165) is 48.1 Å². The predicted octanol–water partition coefficient (Wildman–Crippen LogP) is 4.44. The van der Waals surface area contributed by atoms with Crippen molar-refractivity contribution in [1.29, 1.82) is 0 Å². The zero-order valence-electron chi connectivity index (χ0n) is 19.8. The Morgan fingerprint density at radius 2 is 2.00 bits per heavy atom. The van der Waals surface area contributed by atoms with Gasteiger partial charge in [0.15, 0.2) is 0 Å². The number of aromatic amines is 1. The summed E-state index contributed by atoms with van der Waals surface area (Å²) in [6.07, 6.45) is 5.96. The number of carbonyl (C=O) groups is 2. The Bertz CT molecular complexity index is 1130. The number of aromatic nitrogens is 2. The maximum Gasteiger partial charge on any atom is 0.413 e. The van der Waals surface area contributed by atoms with Crippen molar-refractivity contribution in [1.82, 2.24) is 19.8 Å². The maximum atomic E-state index is 12.7. The molecule has 3 heterocycles. The van der Waals surface area contributed by atoms with Crippen LogP contribution in [0.5, 0.6) is 0 Å². The number of likely N-dealkylation sites (tertiary alicyclic amines) is 1. The summed E-state index contributed by atoms with van der Waals surface area (Å²) in [6, 6.07) is 13.5. The van der Waals surface area contributed by atoms with Crippen LogP contribution in [0.2, 0.25) is 0 Å². The van der Waals surface area contributed by atoms with E-state index < -0.39 is 6.09 Å². The van der Waals surface area contributed by atoms with Gasteiger partial charge in [0, 0.05) is 43.6 Å². The number of nitrogens with one attached hydrogen (secondary N) is 2. The molecule has 0 spiro atoms. The summed E-state index contributed by atoms with van der Waals surface area (Å²) in [5.74, 6) is 0.293. The normalized spacial score (nSPS) is 16.0. The summed E-state index contributed by atoms with van der Waals surface area (Å²) >= 11 is 0. The molecule has 2 aromatic heterocycles. The molecular weight excluding hydrogens is 430 g/mol. The second-order valence-corrected chi connectivity index (χ2v) is 8.78. The minimum atomic E-state index is -0.492. The van der Waals surface area contributed by atoms with Crippen molar-refractivity contribution in [2.75, 3.05) is 32.5 Å². The molecule has 1 fully saturated rings. The zero-order chi connectivity index (χ0) is 24.1. The van der Waals surface area contributed by atoms with Crippen molar-refractivity contribution in [3.05, 3.63) is 66.0 Å². The topological polar surface area (TPSA) is 90.6 Å². The molecule has 2 amide bonds. The number of fused-ring (bicyclic) bond motifs is 1. The molecule has 1 aliphatic heterocycles. The van der Waals surface area contributed by atoms with Crippen molar-refractivity contribution in [2.45, 2.75) is 31.9 Å². The molecule has 8 heteroatoms. The highest BCUT2D eigenvalue weighted by Gasteiger charge is 2.20. The van der Waals surface area contributed by atoms with Crippen LogP contribution >= 0.6 is 0 Å². The van der Waals surface area contributed by atoms with Crippen LogP contribution in [0.4, 0.5) is 10.6 Å². The van der Waals surface area contributed by atoms with Gasteiger partial charge in [-0.25, -0.2) is 9.78 Å². The van der Waals surface area contributed by atoms with Gasteiger partial charge in [-0.2, -0.15) is 0 Å². The van der Waals surface area contributed by atoms with Crippen molar-refractivity contribution >= 4 is 34.8 Å². The molecule has 1 saturated heterocycles. The highest BCUT2D eigenvalue weighted by atomic mass is 16.6. The second-order valence-electron chi connectivity index (χ2n) is 8.78. The number of likely N-dealkylation sites (N-methyl/N-ethyl adjacent to an activating group) is 1. The Labute approximate surface area is 199 Å². The van der Waals surface area contributed by atoms with Gasteiger partial charge >= 0.3 is 6.09 Å². The van der Waals surface area contributed by atoms with Crippen LogP contribution in [0.15, 0.2) is 54.7 Å². The van der Waals surface area contributed by atoms with Crippen molar-refractivity contribution in [3.63, 3.8) is 0 Å². The standard InChI is InChI=1S/C26H31N5O3/c1-18(23-16-20-6-4-5-7-22(20)28-23)31(3)25(32)11-9-19-8-10-24(27-17-19)29-26(33)34-21-12-14-30(2)15-13-21/h4-11,16-18,21,28H,12-15H2,1-3H3,(H,27,29,33)/b11-9+. The minimum Gasteiger partial charge on any atom is -0.446 e. The molecule has 1 aliphatic rings. The third-order valence-corrected chi connectivity index (χ3v) is 6.30. The van der Waals surface area contributed by atoms with Crippen molar-refractivity contribution in [3.8, 4) is 0 Å². The number of benzene rings is 1. The summed E-state index contributed by atoms with van der Waals surface area (Å²) in [4.78, 5) is 36.4. The van der Waals surface area contributed by atoms with E-state index in [0.29, 0.717) is 5.82 Å². The molecular formula is C26H31N5O3. The first kappa shape index (κ1) is 23.5. The number of para-hydroxylation sites is 1. The first-order valence-electron chi connectivity index (χ1n) is 11.5. The van der Waals surface area contributed by atoms with Crippen molar-refractivity contribution < 1.29 is 14.3 Å². The Kier molecular flexibility index (Phi) is 7.27. The van der Waals surface area contributed by atoms with Gasteiger partial charge in [-0.3, -0.25) is 10.1 Å². The molecule has 0 saturated carbocycles. The predicted molar refractivity (Wildman–Crippen MR) is 133 cm³/mol. The Morgan fingerprint density at radius 3 is 2.71 bits per heavy atom. The molecule has 1 atom stereocenters. The molecule has 2 N–H and O–H groups in total. The number of nitrogens with zero attached hydrogens (tertiary/aromatic N) is 3. The highest BCUT2D eigenvalue weighted by Crippen LogP contribution is 2.23. The molecule has 0 bridgehead atoms. The quantitative estimate of drug-likeness (QED) is 0.530. The Morgan fingerprint density at radius 1 is 1.24 bits per heavy atom. The van der Waals surface area contributed by atoms with Gasteiger partial charge < -0.3 is 19.5 Å². The lowest BCUT2D eigenvalue weighted by atomic mass is 10.1. The molecule has 1 unspecified atom stereocenters. The first-order chi connectivity index (χ1) is 16.4.